The number of hydrogen-bond acceptors (Lipinski definition) is 5. The second-order valence-corrected chi connectivity index (χ2v) is 7.53. The average molecular weight is 435 g/mol. The van der Waals surface area contributed by atoms with Crippen molar-refractivity contribution in [1.29, 1.82) is 0 Å². The molecule has 0 spiro atoms. The van der Waals surface area contributed by atoms with Crippen molar-refractivity contribution in [3.63, 3.8) is 0 Å². The van der Waals surface area contributed by atoms with E-state index < -0.39 is 11.6 Å². The van der Waals surface area contributed by atoms with Crippen LogP contribution in [0.25, 0.3) is 11.3 Å². The number of carbonyl (C=O) groups is 2. The summed E-state index contributed by atoms with van der Waals surface area (Å²) in [4.78, 5) is 30.5. The summed E-state index contributed by atoms with van der Waals surface area (Å²) >= 11 is 0. The van der Waals surface area contributed by atoms with Crippen molar-refractivity contribution in [2.45, 2.75) is 32.1 Å². The van der Waals surface area contributed by atoms with Crippen LogP contribution in [0.1, 0.15) is 31.6 Å². The van der Waals surface area contributed by atoms with Gasteiger partial charge in [0.15, 0.2) is 11.7 Å². The minimum absolute atomic E-state index is 0.0311. The van der Waals surface area contributed by atoms with Gasteiger partial charge in [0.25, 0.3) is 0 Å². The first kappa shape index (κ1) is 22.9. The number of rotatable bonds is 9. The molecule has 0 bridgehead atoms. The van der Waals surface area contributed by atoms with Gasteiger partial charge in [-0.25, -0.2) is 13.8 Å². The van der Waals surface area contributed by atoms with Crippen molar-refractivity contribution in [1.82, 2.24) is 15.2 Å². The van der Waals surface area contributed by atoms with Gasteiger partial charge in [-0.3, -0.25) is 9.59 Å². The summed E-state index contributed by atoms with van der Waals surface area (Å²) in [5.41, 5.74) is 0.119. The maximum Gasteiger partial charge on any atom is 0.223 e. The highest BCUT2D eigenvalue weighted by Crippen LogP contribution is 2.25. The lowest BCUT2D eigenvalue weighted by molar-refractivity contribution is -0.135. The fraction of sp³-hybridized carbons (Fsp3) is 0.500. The summed E-state index contributed by atoms with van der Waals surface area (Å²) in [5.74, 6) is -0.973. The van der Waals surface area contributed by atoms with Crippen LogP contribution in [0.5, 0.6) is 0 Å². The van der Waals surface area contributed by atoms with E-state index in [0.717, 1.165) is 18.6 Å². The monoisotopic (exact) mass is 435 g/mol. The zero-order chi connectivity index (χ0) is 22.2. The first-order chi connectivity index (χ1) is 15.0. The zero-order valence-electron chi connectivity index (χ0n) is 17.5. The Morgan fingerprint density at radius 3 is 2.77 bits per heavy atom. The highest BCUT2D eigenvalue weighted by molar-refractivity contribution is 5.80. The second kappa shape index (κ2) is 11.0. The number of nitrogens with zero attached hydrogens (tertiary/aromatic N) is 2. The van der Waals surface area contributed by atoms with Gasteiger partial charge in [0.05, 0.1) is 11.8 Å². The van der Waals surface area contributed by atoms with Crippen molar-refractivity contribution in [3.8, 4) is 11.3 Å². The molecule has 0 atom stereocenters. The van der Waals surface area contributed by atoms with Crippen LogP contribution in [0.4, 0.5) is 8.78 Å². The van der Waals surface area contributed by atoms with E-state index in [1.54, 1.807) is 12.0 Å². The normalized spacial score (nSPS) is 14.6. The topological polar surface area (TPSA) is 84.7 Å². The summed E-state index contributed by atoms with van der Waals surface area (Å²) in [6.07, 6.45) is 3.90. The number of likely N-dealkylation sites (tertiary alicyclic amines) is 1. The number of aromatic nitrogens is 1. The van der Waals surface area contributed by atoms with E-state index in [0.29, 0.717) is 45.0 Å². The van der Waals surface area contributed by atoms with Crippen LogP contribution in [-0.4, -0.2) is 55.0 Å². The van der Waals surface area contributed by atoms with Gasteiger partial charge in [-0.2, -0.15) is 0 Å². The summed E-state index contributed by atoms with van der Waals surface area (Å²) in [5, 5.41) is 2.91. The highest BCUT2D eigenvalue weighted by atomic mass is 19.1. The zero-order valence-corrected chi connectivity index (χ0v) is 17.5. The summed E-state index contributed by atoms with van der Waals surface area (Å²) in [6.45, 7) is 2.27. The van der Waals surface area contributed by atoms with Crippen molar-refractivity contribution in [3.05, 3.63) is 41.9 Å². The maximum absolute atomic E-state index is 13.9. The molecule has 9 heteroatoms. The number of carbonyl (C=O) groups excluding carboxylic acids is 2. The number of benzene rings is 1. The molecule has 168 valence electrons. The molecule has 0 saturated carbocycles. The highest BCUT2D eigenvalue weighted by Gasteiger charge is 2.27. The Morgan fingerprint density at radius 2 is 2.06 bits per heavy atom. The van der Waals surface area contributed by atoms with Gasteiger partial charge in [0.2, 0.25) is 11.8 Å². The minimum Gasteiger partial charge on any atom is -0.441 e. The van der Waals surface area contributed by atoms with Gasteiger partial charge in [0, 0.05) is 58.2 Å². The minimum atomic E-state index is -0.732. The fourth-order valence-electron chi connectivity index (χ4n) is 3.58. The quantitative estimate of drug-likeness (QED) is 0.613. The lowest BCUT2D eigenvalue weighted by atomic mass is 9.95. The number of halogens is 2. The number of nitrogens with one attached hydrogen (secondary N) is 1. The molecule has 1 aromatic heterocycles. The molecular weight excluding hydrogens is 408 g/mol. The fourth-order valence-corrected chi connectivity index (χ4v) is 3.58. The summed E-state index contributed by atoms with van der Waals surface area (Å²) < 4.78 is 37.4. The standard InChI is InChI=1S/C22H27F2N3O4/c1-30-12-2-9-25-22(29)15-7-10-27(11-8-15)21(28)6-5-20-26-14-19(31-20)17-4-3-16(23)13-18(17)24/h3-4,13-15H,2,5-12H2,1H3,(H,25,29). The summed E-state index contributed by atoms with van der Waals surface area (Å²) in [7, 11) is 1.63. The van der Waals surface area contributed by atoms with Gasteiger partial charge in [-0.05, 0) is 31.4 Å². The van der Waals surface area contributed by atoms with Crippen molar-refractivity contribution in [2.75, 3.05) is 33.4 Å². The van der Waals surface area contributed by atoms with Gasteiger partial charge < -0.3 is 19.4 Å². The molecule has 1 fully saturated rings. The molecule has 31 heavy (non-hydrogen) atoms. The van der Waals surface area contributed by atoms with E-state index >= 15 is 0 Å². The van der Waals surface area contributed by atoms with Crippen LogP contribution in [0.2, 0.25) is 0 Å². The molecule has 1 aliphatic rings. The van der Waals surface area contributed by atoms with Crippen molar-refractivity contribution < 1.29 is 27.5 Å². The first-order valence-electron chi connectivity index (χ1n) is 10.4. The predicted molar refractivity (Wildman–Crippen MR) is 109 cm³/mol. The predicted octanol–water partition coefficient (Wildman–Crippen LogP) is 2.94. The Hall–Kier alpha value is -2.81. The molecule has 2 aromatic rings. The number of oxazole rings is 1. The number of piperidine rings is 1. The van der Waals surface area contributed by atoms with Gasteiger partial charge in [0.1, 0.15) is 11.6 Å². The van der Waals surface area contributed by atoms with Gasteiger partial charge in [-0.15, -0.1) is 0 Å². The Kier molecular flexibility index (Phi) is 8.11. The third-order valence-corrected chi connectivity index (χ3v) is 5.35. The van der Waals surface area contributed by atoms with E-state index in [1.807, 2.05) is 0 Å². The Labute approximate surface area is 179 Å². The van der Waals surface area contributed by atoms with Crippen LogP contribution in [-0.2, 0) is 20.7 Å². The third-order valence-electron chi connectivity index (χ3n) is 5.35. The molecule has 2 heterocycles. The number of amides is 2. The van der Waals surface area contributed by atoms with Crippen molar-refractivity contribution in [2.24, 2.45) is 5.92 Å². The maximum atomic E-state index is 13.9. The molecule has 1 N–H and O–H groups in total. The van der Waals surface area contributed by atoms with Crippen LogP contribution >= 0.6 is 0 Å². The Morgan fingerprint density at radius 1 is 1.29 bits per heavy atom. The molecule has 2 amide bonds. The lowest BCUT2D eigenvalue weighted by Gasteiger charge is -2.31. The molecule has 1 saturated heterocycles. The van der Waals surface area contributed by atoms with Crippen LogP contribution < -0.4 is 5.32 Å². The number of ether oxygens (including phenoxy) is 1. The van der Waals surface area contributed by atoms with Gasteiger partial charge in [-0.1, -0.05) is 0 Å². The molecule has 3 rings (SSSR count). The van der Waals surface area contributed by atoms with Crippen LogP contribution in [0.15, 0.2) is 28.8 Å². The molecule has 7 nitrogen and oxygen atoms in total. The first-order valence-corrected chi connectivity index (χ1v) is 10.4. The number of aryl methyl sites for hydroxylation is 1. The van der Waals surface area contributed by atoms with Crippen LogP contribution in [0.3, 0.4) is 0 Å². The molecule has 0 radical (unpaired) electrons. The average Bonchev–Trinajstić information content (AvgIpc) is 3.23. The number of hydrogen-bond donors (Lipinski definition) is 1. The van der Waals surface area contributed by atoms with Gasteiger partial charge >= 0.3 is 0 Å². The van der Waals surface area contributed by atoms with Crippen LogP contribution in [0, 0.1) is 17.6 Å². The Bertz CT molecular complexity index is 895. The Balaban J connectivity index is 1.43. The van der Waals surface area contributed by atoms with E-state index in [4.69, 9.17) is 9.15 Å². The van der Waals surface area contributed by atoms with Crippen molar-refractivity contribution >= 4 is 11.8 Å². The van der Waals surface area contributed by atoms with E-state index in [2.05, 4.69) is 10.3 Å². The molecule has 1 aromatic carbocycles. The largest absolute Gasteiger partial charge is 0.441 e. The number of methoxy groups -OCH3 is 1. The molecule has 1 aliphatic heterocycles. The molecule has 0 unspecified atom stereocenters. The SMILES string of the molecule is COCCCNC(=O)C1CCN(C(=O)CCc2ncc(-c3ccc(F)cc3F)o2)CC1. The third kappa shape index (κ3) is 6.33. The molecular formula is C22H27F2N3O4. The summed E-state index contributed by atoms with van der Waals surface area (Å²) in [6, 6.07) is 3.22. The van der Waals surface area contributed by atoms with E-state index in [1.165, 1.54) is 12.3 Å². The smallest absolute Gasteiger partial charge is 0.223 e. The molecule has 0 aliphatic carbocycles. The second-order valence-electron chi connectivity index (χ2n) is 7.53. The van der Waals surface area contributed by atoms with E-state index in [-0.39, 0.29) is 41.9 Å². The lowest BCUT2D eigenvalue weighted by Crippen LogP contribution is -2.43. The van der Waals surface area contributed by atoms with E-state index in [9.17, 15) is 18.4 Å².